The molecule has 1 amide bonds. The van der Waals surface area contributed by atoms with Crippen LogP contribution in [0.5, 0.6) is 0 Å². The molecule has 0 saturated heterocycles. The van der Waals surface area contributed by atoms with E-state index in [0.29, 0.717) is 0 Å². The van der Waals surface area contributed by atoms with Gasteiger partial charge in [0.15, 0.2) is 0 Å². The van der Waals surface area contributed by atoms with Gasteiger partial charge in [-0.15, -0.1) is 11.3 Å². The van der Waals surface area contributed by atoms with Gasteiger partial charge in [0.25, 0.3) is 5.91 Å². The highest BCUT2D eigenvalue weighted by Gasteiger charge is 2.40. The van der Waals surface area contributed by atoms with E-state index in [2.05, 4.69) is 5.32 Å². The van der Waals surface area contributed by atoms with Crippen LogP contribution >= 0.6 is 11.3 Å². The highest BCUT2D eigenvalue weighted by Crippen LogP contribution is 2.36. The molecule has 3 rings (SSSR count). The summed E-state index contributed by atoms with van der Waals surface area (Å²) in [6.07, 6.45) is 5.91. The van der Waals surface area contributed by atoms with Crippen LogP contribution in [0, 0.1) is 0 Å². The highest BCUT2D eigenvalue weighted by molar-refractivity contribution is 7.14. The maximum atomic E-state index is 12.2. The molecule has 4 nitrogen and oxygen atoms in total. The first-order valence-corrected chi connectivity index (χ1v) is 7.56. The maximum Gasteiger partial charge on any atom is 0.305 e. The van der Waals surface area contributed by atoms with E-state index < -0.39 is 11.5 Å². The molecule has 2 aliphatic rings. The second-order valence-corrected chi connectivity index (χ2v) is 6.71. The summed E-state index contributed by atoms with van der Waals surface area (Å²) in [6, 6.07) is 1.98. The highest BCUT2D eigenvalue weighted by atomic mass is 32.1. The van der Waals surface area contributed by atoms with Gasteiger partial charge in [-0.2, -0.15) is 0 Å². The van der Waals surface area contributed by atoms with Gasteiger partial charge in [0, 0.05) is 4.88 Å². The Hall–Kier alpha value is -1.36. The van der Waals surface area contributed by atoms with E-state index >= 15 is 0 Å². The minimum atomic E-state index is -0.839. The van der Waals surface area contributed by atoms with E-state index in [0.717, 1.165) is 37.0 Å². The number of rotatable bonds is 4. The number of aliphatic carboxylic acids is 1. The molecule has 0 aromatic carbocycles. The molecule has 1 fully saturated rings. The van der Waals surface area contributed by atoms with Gasteiger partial charge in [-0.25, -0.2) is 0 Å². The predicted octanol–water partition coefficient (Wildman–Crippen LogP) is 2.36. The number of nitrogens with one attached hydrogen (secondary N) is 1. The first kappa shape index (κ1) is 12.7. The lowest BCUT2D eigenvalue weighted by atomic mass is 9.74. The van der Waals surface area contributed by atoms with Gasteiger partial charge in [0.05, 0.1) is 16.8 Å². The number of hydrogen-bond acceptors (Lipinski definition) is 3. The second kappa shape index (κ2) is 4.63. The van der Waals surface area contributed by atoms with Crippen molar-refractivity contribution in [1.29, 1.82) is 0 Å². The van der Waals surface area contributed by atoms with Crippen molar-refractivity contribution >= 4 is 23.2 Å². The Kier molecular flexibility index (Phi) is 3.09. The minimum absolute atomic E-state index is 0.0316. The normalized spacial score (nSPS) is 19.6. The van der Waals surface area contributed by atoms with Crippen LogP contribution in [0.25, 0.3) is 0 Å². The third kappa shape index (κ3) is 2.39. The Bertz CT molecular complexity index is 509. The fourth-order valence-electron chi connectivity index (χ4n) is 2.98. The molecule has 1 heterocycles. The van der Waals surface area contributed by atoms with Gasteiger partial charge in [-0.1, -0.05) is 0 Å². The van der Waals surface area contributed by atoms with Crippen molar-refractivity contribution in [3.63, 3.8) is 0 Å². The number of aryl methyl sites for hydroxylation is 2. The van der Waals surface area contributed by atoms with Crippen molar-refractivity contribution in [2.24, 2.45) is 0 Å². The Labute approximate surface area is 115 Å². The van der Waals surface area contributed by atoms with Gasteiger partial charge in [0.1, 0.15) is 0 Å². The molecule has 1 saturated carbocycles. The lowest BCUT2D eigenvalue weighted by Gasteiger charge is -2.41. The summed E-state index contributed by atoms with van der Waals surface area (Å²) in [5, 5.41) is 11.9. The van der Waals surface area contributed by atoms with Crippen molar-refractivity contribution in [2.75, 3.05) is 0 Å². The molecule has 0 bridgehead atoms. The van der Waals surface area contributed by atoms with E-state index in [-0.39, 0.29) is 12.3 Å². The number of carbonyl (C=O) groups excluding carboxylic acids is 1. The molecule has 19 heavy (non-hydrogen) atoms. The number of fused-ring (bicyclic) bond motifs is 1. The van der Waals surface area contributed by atoms with Crippen LogP contribution in [0.1, 0.15) is 52.2 Å². The van der Waals surface area contributed by atoms with Crippen LogP contribution in [-0.4, -0.2) is 22.5 Å². The van der Waals surface area contributed by atoms with Gasteiger partial charge < -0.3 is 10.4 Å². The lowest BCUT2D eigenvalue weighted by molar-refractivity contribution is -0.139. The quantitative estimate of drug-likeness (QED) is 0.889. The van der Waals surface area contributed by atoms with Crippen LogP contribution in [0.4, 0.5) is 0 Å². The van der Waals surface area contributed by atoms with Gasteiger partial charge >= 0.3 is 5.97 Å². The molecule has 1 aromatic rings. The molecule has 0 spiro atoms. The number of hydrogen-bond donors (Lipinski definition) is 2. The van der Waals surface area contributed by atoms with Crippen molar-refractivity contribution in [1.82, 2.24) is 5.32 Å². The lowest BCUT2D eigenvalue weighted by Crippen LogP contribution is -2.54. The van der Waals surface area contributed by atoms with E-state index in [1.54, 1.807) is 11.3 Å². The molecule has 1 aromatic heterocycles. The zero-order valence-corrected chi connectivity index (χ0v) is 11.5. The summed E-state index contributed by atoms with van der Waals surface area (Å²) in [4.78, 5) is 25.2. The van der Waals surface area contributed by atoms with Gasteiger partial charge in [0.2, 0.25) is 0 Å². The number of amides is 1. The second-order valence-electron chi connectivity index (χ2n) is 5.57. The van der Waals surface area contributed by atoms with Crippen LogP contribution < -0.4 is 5.32 Å². The predicted molar refractivity (Wildman–Crippen MR) is 72.6 cm³/mol. The molecule has 0 aliphatic heterocycles. The van der Waals surface area contributed by atoms with Crippen LogP contribution in [0.3, 0.4) is 0 Å². The van der Waals surface area contributed by atoms with Gasteiger partial charge in [-0.05, 0) is 50.2 Å². The molecule has 102 valence electrons. The molecule has 2 N–H and O–H groups in total. The van der Waals surface area contributed by atoms with Crippen LogP contribution in [0.15, 0.2) is 6.07 Å². The third-order valence-electron chi connectivity index (χ3n) is 4.15. The Morgan fingerprint density at radius 1 is 1.32 bits per heavy atom. The fraction of sp³-hybridized carbons (Fsp3) is 0.571. The summed E-state index contributed by atoms with van der Waals surface area (Å²) >= 11 is 1.56. The first-order valence-electron chi connectivity index (χ1n) is 6.74. The first-order chi connectivity index (χ1) is 9.08. The summed E-state index contributed by atoms with van der Waals surface area (Å²) in [5.74, 6) is -0.936. The number of thiophene rings is 1. The van der Waals surface area contributed by atoms with Crippen LogP contribution in [0.2, 0.25) is 0 Å². The topological polar surface area (TPSA) is 66.4 Å². The smallest absolute Gasteiger partial charge is 0.305 e. The summed E-state index contributed by atoms with van der Waals surface area (Å²) in [7, 11) is 0. The van der Waals surface area contributed by atoms with E-state index in [1.165, 1.54) is 16.9 Å². The number of carbonyl (C=O) groups is 2. The molecular formula is C14H17NO3S. The SMILES string of the molecule is O=C(O)CC1(NC(=O)c2cc3c(s2)CCC3)CCC1. The van der Waals surface area contributed by atoms with Crippen LogP contribution in [-0.2, 0) is 17.6 Å². The summed E-state index contributed by atoms with van der Waals surface area (Å²) < 4.78 is 0. The van der Waals surface area contributed by atoms with E-state index in [4.69, 9.17) is 5.11 Å². The molecule has 0 atom stereocenters. The van der Waals surface area contributed by atoms with Crippen molar-refractivity contribution in [3.8, 4) is 0 Å². The maximum absolute atomic E-state index is 12.2. The zero-order chi connectivity index (χ0) is 13.5. The standard InChI is InChI=1S/C14H17NO3S/c16-12(17)8-14(5-2-6-14)15-13(18)11-7-9-3-1-4-10(9)19-11/h7H,1-6,8H2,(H,15,18)(H,16,17). The third-order valence-corrected chi connectivity index (χ3v) is 5.39. The molecular weight excluding hydrogens is 262 g/mol. The number of carboxylic acids is 1. The number of carboxylic acid groups (broad SMARTS) is 1. The van der Waals surface area contributed by atoms with E-state index in [9.17, 15) is 9.59 Å². The van der Waals surface area contributed by atoms with Gasteiger partial charge in [-0.3, -0.25) is 9.59 Å². The Morgan fingerprint density at radius 2 is 2.11 bits per heavy atom. The summed E-state index contributed by atoms with van der Waals surface area (Å²) in [5.41, 5.74) is 0.799. The summed E-state index contributed by atoms with van der Waals surface area (Å²) in [6.45, 7) is 0. The molecule has 0 unspecified atom stereocenters. The van der Waals surface area contributed by atoms with Crippen molar-refractivity contribution in [3.05, 3.63) is 21.4 Å². The minimum Gasteiger partial charge on any atom is -0.481 e. The van der Waals surface area contributed by atoms with Crippen molar-refractivity contribution in [2.45, 2.75) is 50.5 Å². The average molecular weight is 279 g/mol. The molecule has 0 radical (unpaired) electrons. The largest absolute Gasteiger partial charge is 0.481 e. The Balaban J connectivity index is 1.71. The molecule has 5 heteroatoms. The average Bonchev–Trinajstić information content (AvgIpc) is 2.84. The van der Waals surface area contributed by atoms with E-state index in [1.807, 2.05) is 6.07 Å². The fourth-order valence-corrected chi connectivity index (χ4v) is 4.13. The Morgan fingerprint density at radius 3 is 2.68 bits per heavy atom. The van der Waals surface area contributed by atoms with Crippen molar-refractivity contribution < 1.29 is 14.7 Å². The zero-order valence-electron chi connectivity index (χ0n) is 10.7. The monoisotopic (exact) mass is 279 g/mol. The molecule has 2 aliphatic carbocycles.